The number of amides is 1. The highest BCUT2D eigenvalue weighted by molar-refractivity contribution is 5.96. The molecule has 0 saturated heterocycles. The average molecular weight is 267 g/mol. The van der Waals surface area contributed by atoms with Crippen LogP contribution in [0.2, 0.25) is 0 Å². The van der Waals surface area contributed by atoms with Crippen LogP contribution in [0.25, 0.3) is 0 Å². The smallest absolute Gasteiger partial charge is 0.255 e. The van der Waals surface area contributed by atoms with Gasteiger partial charge in [0.25, 0.3) is 12.3 Å². The van der Waals surface area contributed by atoms with Gasteiger partial charge in [-0.1, -0.05) is 23.5 Å². The van der Waals surface area contributed by atoms with E-state index in [0.29, 0.717) is 5.56 Å². The van der Waals surface area contributed by atoms with Gasteiger partial charge in [-0.2, -0.15) is 0 Å². The molecule has 1 aromatic rings. The number of benzene rings is 1. The van der Waals surface area contributed by atoms with Gasteiger partial charge in [0.1, 0.15) is 6.61 Å². The maximum Gasteiger partial charge on any atom is 0.255 e. The number of halogens is 2. The van der Waals surface area contributed by atoms with Crippen LogP contribution in [0, 0.1) is 18.8 Å². The van der Waals surface area contributed by atoms with Crippen molar-refractivity contribution in [3.63, 3.8) is 0 Å². The van der Waals surface area contributed by atoms with Gasteiger partial charge in [-0.3, -0.25) is 4.79 Å². The van der Waals surface area contributed by atoms with Crippen LogP contribution in [0.1, 0.15) is 21.5 Å². The first-order chi connectivity index (χ1) is 8.95. The molecular weight excluding hydrogens is 252 g/mol. The summed E-state index contributed by atoms with van der Waals surface area (Å²) in [4.78, 5) is 13.0. The number of carbonyl (C=O) groups excluding carboxylic acids is 1. The fraction of sp³-hybridized carbons (Fsp3) is 0.357. The molecule has 5 heteroatoms. The topological polar surface area (TPSA) is 40.5 Å². The van der Waals surface area contributed by atoms with E-state index in [2.05, 4.69) is 11.8 Å². The summed E-state index contributed by atoms with van der Waals surface area (Å²) >= 11 is 0. The highest BCUT2D eigenvalue weighted by atomic mass is 19.3. The van der Waals surface area contributed by atoms with E-state index in [0.717, 1.165) is 10.5 Å². The summed E-state index contributed by atoms with van der Waals surface area (Å²) in [5.41, 5.74) is 1.53. The summed E-state index contributed by atoms with van der Waals surface area (Å²) in [5, 5.41) is 8.67. The molecule has 1 aromatic carbocycles. The van der Waals surface area contributed by atoms with Gasteiger partial charge >= 0.3 is 0 Å². The van der Waals surface area contributed by atoms with Gasteiger partial charge in [0.05, 0.1) is 12.1 Å². The Hall–Kier alpha value is -1.93. The van der Waals surface area contributed by atoms with Crippen molar-refractivity contribution in [2.24, 2.45) is 0 Å². The SMILES string of the molecule is Cc1ccc(C#CCO)c(C(=O)N(C)CC(F)F)c1. The third kappa shape index (κ3) is 4.34. The van der Waals surface area contributed by atoms with E-state index in [1.54, 1.807) is 25.1 Å². The van der Waals surface area contributed by atoms with Crippen molar-refractivity contribution < 1.29 is 18.7 Å². The maximum absolute atomic E-state index is 12.3. The van der Waals surface area contributed by atoms with Gasteiger partial charge in [-0.15, -0.1) is 0 Å². The van der Waals surface area contributed by atoms with E-state index in [1.165, 1.54) is 7.05 Å². The van der Waals surface area contributed by atoms with Crippen LogP contribution in [0.15, 0.2) is 18.2 Å². The minimum atomic E-state index is -2.58. The Morgan fingerprint density at radius 2 is 2.16 bits per heavy atom. The standard InChI is InChI=1S/C14H15F2NO2/c1-10-5-6-11(4-3-7-18)12(8-10)14(19)17(2)9-13(15)16/h5-6,8,13,18H,7,9H2,1-2H3. The van der Waals surface area contributed by atoms with Crippen LogP contribution in [0.4, 0.5) is 8.78 Å². The van der Waals surface area contributed by atoms with Gasteiger partial charge in [0.2, 0.25) is 0 Å². The minimum absolute atomic E-state index is 0.268. The Morgan fingerprint density at radius 3 is 2.74 bits per heavy atom. The third-order valence-electron chi connectivity index (χ3n) is 2.47. The molecular formula is C14H15F2NO2. The van der Waals surface area contributed by atoms with E-state index in [9.17, 15) is 13.6 Å². The number of rotatable bonds is 3. The van der Waals surface area contributed by atoms with Crippen LogP contribution in [0.3, 0.4) is 0 Å². The molecule has 0 aliphatic carbocycles. The van der Waals surface area contributed by atoms with Gasteiger partial charge in [-0.05, 0) is 19.1 Å². The van der Waals surface area contributed by atoms with Gasteiger partial charge in [0, 0.05) is 12.6 Å². The highest BCUT2D eigenvalue weighted by Crippen LogP contribution is 2.14. The first-order valence-electron chi connectivity index (χ1n) is 5.69. The zero-order chi connectivity index (χ0) is 14.4. The van der Waals surface area contributed by atoms with Crippen molar-refractivity contribution in [2.45, 2.75) is 13.3 Å². The van der Waals surface area contributed by atoms with Crippen LogP contribution >= 0.6 is 0 Å². The zero-order valence-electron chi connectivity index (χ0n) is 10.8. The van der Waals surface area contributed by atoms with E-state index in [4.69, 9.17) is 5.11 Å². The fourth-order valence-electron chi connectivity index (χ4n) is 1.57. The van der Waals surface area contributed by atoms with Gasteiger partial charge in [0.15, 0.2) is 0 Å². The quantitative estimate of drug-likeness (QED) is 0.846. The lowest BCUT2D eigenvalue weighted by molar-refractivity contribution is 0.0620. The molecule has 0 atom stereocenters. The predicted octanol–water partition coefficient (Wildman–Crippen LogP) is 1.68. The van der Waals surface area contributed by atoms with Crippen LogP contribution in [-0.2, 0) is 0 Å². The molecule has 1 N–H and O–H groups in total. The van der Waals surface area contributed by atoms with E-state index in [-0.39, 0.29) is 12.2 Å². The molecule has 102 valence electrons. The fourth-order valence-corrected chi connectivity index (χ4v) is 1.57. The Balaban J connectivity index is 3.09. The molecule has 19 heavy (non-hydrogen) atoms. The van der Waals surface area contributed by atoms with Gasteiger partial charge < -0.3 is 10.0 Å². The molecule has 0 aromatic heterocycles. The molecule has 0 aliphatic heterocycles. The van der Waals surface area contributed by atoms with E-state index >= 15 is 0 Å². The summed E-state index contributed by atoms with van der Waals surface area (Å²) in [6, 6.07) is 5.01. The molecule has 1 amide bonds. The largest absolute Gasteiger partial charge is 0.384 e. The Bertz CT molecular complexity index is 518. The molecule has 1 rings (SSSR count). The van der Waals surface area contributed by atoms with Crippen molar-refractivity contribution in [1.82, 2.24) is 4.90 Å². The molecule has 0 radical (unpaired) electrons. The number of aliphatic hydroxyl groups excluding tert-OH is 1. The van der Waals surface area contributed by atoms with Crippen molar-refractivity contribution in [2.75, 3.05) is 20.2 Å². The normalized spacial score (nSPS) is 10.0. The predicted molar refractivity (Wildman–Crippen MR) is 68.1 cm³/mol. The molecule has 0 saturated carbocycles. The van der Waals surface area contributed by atoms with Crippen LogP contribution < -0.4 is 0 Å². The number of aryl methyl sites for hydroxylation is 1. The third-order valence-corrected chi connectivity index (χ3v) is 2.47. The second-order valence-corrected chi connectivity index (χ2v) is 4.09. The lowest BCUT2D eigenvalue weighted by Gasteiger charge is -2.17. The molecule has 0 unspecified atom stereocenters. The van der Waals surface area contributed by atoms with E-state index < -0.39 is 18.9 Å². The number of hydrogen-bond acceptors (Lipinski definition) is 2. The van der Waals surface area contributed by atoms with E-state index in [1.807, 2.05) is 0 Å². The summed E-state index contributed by atoms with van der Waals surface area (Å²) in [6.45, 7) is 0.848. The summed E-state index contributed by atoms with van der Waals surface area (Å²) < 4.78 is 24.6. The van der Waals surface area contributed by atoms with Crippen LogP contribution in [-0.4, -0.2) is 42.5 Å². The van der Waals surface area contributed by atoms with Crippen molar-refractivity contribution >= 4 is 5.91 Å². The molecule has 0 aliphatic rings. The first-order valence-corrected chi connectivity index (χ1v) is 5.69. The monoisotopic (exact) mass is 267 g/mol. The number of carbonyl (C=O) groups is 1. The Morgan fingerprint density at radius 1 is 1.47 bits per heavy atom. The highest BCUT2D eigenvalue weighted by Gasteiger charge is 2.18. The zero-order valence-corrected chi connectivity index (χ0v) is 10.8. The molecule has 0 fully saturated rings. The molecule has 0 heterocycles. The lowest BCUT2D eigenvalue weighted by Crippen LogP contribution is -2.31. The summed E-state index contributed by atoms with van der Waals surface area (Å²) in [7, 11) is 1.32. The van der Waals surface area contributed by atoms with Crippen molar-refractivity contribution in [1.29, 1.82) is 0 Å². The Kier molecular flexibility index (Phi) is 5.46. The second-order valence-electron chi connectivity index (χ2n) is 4.09. The molecule has 3 nitrogen and oxygen atoms in total. The molecule has 0 bridgehead atoms. The van der Waals surface area contributed by atoms with Crippen molar-refractivity contribution in [3.05, 3.63) is 34.9 Å². The Labute approximate surface area is 110 Å². The summed E-state index contributed by atoms with van der Waals surface area (Å²) in [6.07, 6.45) is -2.58. The summed E-state index contributed by atoms with van der Waals surface area (Å²) in [5.74, 6) is 4.58. The second kappa shape index (κ2) is 6.86. The number of nitrogens with zero attached hydrogens (tertiary/aromatic N) is 1. The number of alkyl halides is 2. The first kappa shape index (κ1) is 15.1. The number of aliphatic hydroxyl groups is 1. The lowest BCUT2D eigenvalue weighted by atomic mass is 10.0. The minimum Gasteiger partial charge on any atom is -0.384 e. The van der Waals surface area contributed by atoms with Crippen molar-refractivity contribution in [3.8, 4) is 11.8 Å². The maximum atomic E-state index is 12.3. The average Bonchev–Trinajstić information content (AvgIpc) is 2.35. The van der Waals surface area contributed by atoms with Crippen LogP contribution in [0.5, 0.6) is 0 Å². The number of hydrogen-bond donors (Lipinski definition) is 1. The molecule has 0 spiro atoms. The van der Waals surface area contributed by atoms with Gasteiger partial charge in [-0.25, -0.2) is 8.78 Å².